The molecule has 0 fully saturated rings. The van der Waals surface area contributed by atoms with Crippen molar-refractivity contribution >= 4 is 23.2 Å². The van der Waals surface area contributed by atoms with Gasteiger partial charge in [-0.2, -0.15) is 5.10 Å². The first-order chi connectivity index (χ1) is 9.11. The second-order valence-electron chi connectivity index (χ2n) is 3.68. The lowest BCUT2D eigenvalue weighted by Crippen LogP contribution is -2.05. The Bertz CT molecular complexity index is 624. The molecule has 1 N–H and O–H groups in total. The molecule has 2 rings (SSSR count). The van der Waals surface area contributed by atoms with Crippen molar-refractivity contribution in [3.05, 3.63) is 57.3 Å². The van der Waals surface area contributed by atoms with Crippen LogP contribution in [-0.2, 0) is 0 Å². The molecule has 6 heteroatoms. The zero-order chi connectivity index (χ0) is 13.8. The van der Waals surface area contributed by atoms with Gasteiger partial charge in [0.1, 0.15) is 6.61 Å². The summed E-state index contributed by atoms with van der Waals surface area (Å²) in [6.07, 6.45) is 1.60. The van der Waals surface area contributed by atoms with Gasteiger partial charge in [-0.3, -0.25) is 4.79 Å². The molecule has 0 aliphatic rings. The largest absolute Gasteiger partial charge is 0.486 e. The van der Waals surface area contributed by atoms with E-state index >= 15 is 0 Å². The third-order valence-electron chi connectivity index (χ3n) is 2.32. The van der Waals surface area contributed by atoms with Gasteiger partial charge in [-0.1, -0.05) is 35.9 Å². The number of halogens is 2. The molecule has 1 heterocycles. The zero-order valence-electron chi connectivity index (χ0n) is 9.82. The fourth-order valence-electron chi connectivity index (χ4n) is 1.49. The zero-order valence-corrected chi connectivity index (χ0v) is 11.3. The summed E-state index contributed by atoms with van der Waals surface area (Å²) in [5, 5.41) is 7.01. The molecule has 4 nitrogen and oxygen atoms in total. The lowest BCUT2D eigenvalue weighted by Gasteiger charge is -2.10. The van der Waals surface area contributed by atoms with Gasteiger partial charge in [0.25, 0.3) is 5.56 Å². The minimum absolute atomic E-state index is 0.271. The standard InChI is InChI=1S/C13H10Cl2N2O2/c1-2-5-19-13-9(14)6-8(7-10(13)15)11-3-4-12(18)17-16-11/h2-4,6-7H,1,5H2,(H,17,18). The minimum atomic E-state index is -0.271. The molecular weight excluding hydrogens is 287 g/mol. The molecule has 98 valence electrons. The molecule has 19 heavy (non-hydrogen) atoms. The predicted molar refractivity (Wildman–Crippen MR) is 76.0 cm³/mol. The average Bonchev–Trinajstić information content (AvgIpc) is 2.38. The Morgan fingerprint density at radius 2 is 2.00 bits per heavy atom. The van der Waals surface area contributed by atoms with Gasteiger partial charge in [0, 0.05) is 11.6 Å². The summed E-state index contributed by atoms with van der Waals surface area (Å²) >= 11 is 12.2. The molecule has 0 amide bonds. The number of H-pyrrole nitrogens is 1. The van der Waals surface area contributed by atoms with Crippen molar-refractivity contribution in [2.75, 3.05) is 6.61 Å². The molecule has 0 saturated carbocycles. The highest BCUT2D eigenvalue weighted by Gasteiger charge is 2.11. The summed E-state index contributed by atoms with van der Waals surface area (Å²) in [5.41, 5.74) is 0.989. The quantitative estimate of drug-likeness (QED) is 0.881. The van der Waals surface area contributed by atoms with E-state index in [1.807, 2.05) is 0 Å². The van der Waals surface area contributed by atoms with Crippen LogP contribution in [0.15, 0.2) is 41.7 Å². The Hall–Kier alpha value is -1.78. The van der Waals surface area contributed by atoms with Crippen molar-refractivity contribution < 1.29 is 4.74 Å². The number of aromatic nitrogens is 2. The van der Waals surface area contributed by atoms with Crippen molar-refractivity contribution in [1.82, 2.24) is 10.2 Å². The van der Waals surface area contributed by atoms with Crippen LogP contribution in [0.25, 0.3) is 11.3 Å². The summed E-state index contributed by atoms with van der Waals surface area (Å²) in [6.45, 7) is 3.87. The summed E-state index contributed by atoms with van der Waals surface area (Å²) in [7, 11) is 0. The molecule has 1 aromatic carbocycles. The Balaban J connectivity index is 2.41. The van der Waals surface area contributed by atoms with Gasteiger partial charge in [-0.25, -0.2) is 5.10 Å². The smallest absolute Gasteiger partial charge is 0.264 e. The minimum Gasteiger partial charge on any atom is -0.486 e. The first kappa shape index (κ1) is 13.6. The number of hydrogen-bond acceptors (Lipinski definition) is 3. The van der Waals surface area contributed by atoms with Crippen LogP contribution < -0.4 is 10.3 Å². The Morgan fingerprint density at radius 1 is 1.32 bits per heavy atom. The van der Waals surface area contributed by atoms with Crippen LogP contribution in [0.1, 0.15) is 0 Å². The molecule has 0 radical (unpaired) electrons. The summed E-state index contributed by atoms with van der Waals surface area (Å²) in [6, 6.07) is 6.32. The SMILES string of the molecule is C=CCOc1c(Cl)cc(-c2ccc(=O)[nH]n2)cc1Cl. The topological polar surface area (TPSA) is 55.0 Å². The van der Waals surface area contributed by atoms with Crippen LogP contribution in [-0.4, -0.2) is 16.8 Å². The van der Waals surface area contributed by atoms with E-state index in [4.69, 9.17) is 27.9 Å². The van der Waals surface area contributed by atoms with Gasteiger partial charge >= 0.3 is 0 Å². The van der Waals surface area contributed by atoms with Crippen molar-refractivity contribution in [1.29, 1.82) is 0 Å². The van der Waals surface area contributed by atoms with E-state index in [-0.39, 0.29) is 5.56 Å². The van der Waals surface area contributed by atoms with Gasteiger partial charge in [0.05, 0.1) is 15.7 Å². The number of hydrogen-bond donors (Lipinski definition) is 1. The van der Waals surface area contributed by atoms with Gasteiger partial charge < -0.3 is 4.74 Å². The van der Waals surface area contributed by atoms with E-state index in [0.29, 0.717) is 33.7 Å². The van der Waals surface area contributed by atoms with Gasteiger partial charge in [0.2, 0.25) is 0 Å². The van der Waals surface area contributed by atoms with E-state index in [9.17, 15) is 4.79 Å². The van der Waals surface area contributed by atoms with Gasteiger partial charge in [0.15, 0.2) is 5.75 Å². The summed E-state index contributed by atoms with van der Waals surface area (Å²) in [4.78, 5) is 11.0. The van der Waals surface area contributed by atoms with E-state index in [1.54, 1.807) is 24.3 Å². The normalized spacial score (nSPS) is 10.2. The fourth-order valence-corrected chi connectivity index (χ4v) is 2.09. The first-order valence-corrected chi connectivity index (χ1v) is 6.16. The van der Waals surface area contributed by atoms with Gasteiger partial charge in [-0.15, -0.1) is 0 Å². The molecule has 1 aromatic heterocycles. The molecule has 0 unspecified atom stereocenters. The average molecular weight is 297 g/mol. The molecule has 0 saturated heterocycles. The van der Waals surface area contributed by atoms with Crippen molar-refractivity contribution in [3.8, 4) is 17.0 Å². The monoisotopic (exact) mass is 296 g/mol. The third kappa shape index (κ3) is 3.16. The van der Waals surface area contributed by atoms with Crippen LogP contribution in [0.3, 0.4) is 0 Å². The van der Waals surface area contributed by atoms with Crippen molar-refractivity contribution in [2.45, 2.75) is 0 Å². The number of aromatic amines is 1. The Morgan fingerprint density at radius 3 is 2.53 bits per heavy atom. The Kier molecular flexibility index (Phi) is 4.24. The molecular formula is C13H10Cl2N2O2. The Labute approximate surface area is 119 Å². The van der Waals surface area contributed by atoms with Crippen LogP contribution in [0.2, 0.25) is 10.0 Å². The molecule has 0 spiro atoms. The maximum Gasteiger partial charge on any atom is 0.264 e. The maximum absolute atomic E-state index is 11.0. The van der Waals surface area contributed by atoms with E-state index in [1.165, 1.54) is 6.07 Å². The lowest BCUT2D eigenvalue weighted by molar-refractivity contribution is 0.364. The fraction of sp³-hybridized carbons (Fsp3) is 0.0769. The highest BCUT2D eigenvalue weighted by atomic mass is 35.5. The highest BCUT2D eigenvalue weighted by Crippen LogP contribution is 2.36. The lowest BCUT2D eigenvalue weighted by atomic mass is 10.1. The molecule has 0 aliphatic carbocycles. The number of rotatable bonds is 4. The van der Waals surface area contributed by atoms with Crippen molar-refractivity contribution in [3.63, 3.8) is 0 Å². The van der Waals surface area contributed by atoms with Crippen molar-refractivity contribution in [2.24, 2.45) is 0 Å². The third-order valence-corrected chi connectivity index (χ3v) is 2.88. The van der Waals surface area contributed by atoms with Crippen LogP contribution in [0.4, 0.5) is 0 Å². The van der Waals surface area contributed by atoms with Crippen LogP contribution in [0.5, 0.6) is 5.75 Å². The number of nitrogens with zero attached hydrogens (tertiary/aromatic N) is 1. The van der Waals surface area contributed by atoms with E-state index in [0.717, 1.165) is 0 Å². The van der Waals surface area contributed by atoms with Crippen LogP contribution in [0, 0.1) is 0 Å². The maximum atomic E-state index is 11.0. The predicted octanol–water partition coefficient (Wildman–Crippen LogP) is 3.31. The number of benzene rings is 1. The second-order valence-corrected chi connectivity index (χ2v) is 4.49. The van der Waals surface area contributed by atoms with E-state index in [2.05, 4.69) is 16.8 Å². The number of ether oxygens (including phenoxy) is 1. The summed E-state index contributed by atoms with van der Waals surface area (Å²) in [5.74, 6) is 0.399. The van der Waals surface area contributed by atoms with E-state index < -0.39 is 0 Å². The summed E-state index contributed by atoms with van der Waals surface area (Å²) < 4.78 is 5.37. The molecule has 0 aliphatic heterocycles. The van der Waals surface area contributed by atoms with Crippen LogP contribution >= 0.6 is 23.2 Å². The molecule has 0 bridgehead atoms. The second kappa shape index (κ2) is 5.91. The molecule has 0 atom stereocenters. The molecule has 2 aromatic rings. The highest BCUT2D eigenvalue weighted by molar-refractivity contribution is 6.37. The first-order valence-electron chi connectivity index (χ1n) is 5.40. The van der Waals surface area contributed by atoms with Gasteiger partial charge in [-0.05, 0) is 18.2 Å². The number of nitrogens with one attached hydrogen (secondary N) is 1.